The molecule has 0 spiro atoms. The van der Waals surface area contributed by atoms with Gasteiger partial charge in [0.25, 0.3) is 0 Å². The van der Waals surface area contributed by atoms with E-state index >= 15 is 0 Å². The molecule has 1 saturated heterocycles. The fourth-order valence-corrected chi connectivity index (χ4v) is 2.75. The lowest BCUT2D eigenvalue weighted by Gasteiger charge is -2.46. The van der Waals surface area contributed by atoms with Crippen LogP contribution in [0.4, 0.5) is 0 Å². The Bertz CT molecular complexity index is 235. The van der Waals surface area contributed by atoms with E-state index in [9.17, 15) is 0 Å². The van der Waals surface area contributed by atoms with E-state index < -0.39 is 0 Å². The van der Waals surface area contributed by atoms with Crippen molar-refractivity contribution in [1.29, 1.82) is 0 Å². The SMILES string of the molecule is CCCCOCCCN1CC(C)(CC)NCC1CC. The van der Waals surface area contributed by atoms with E-state index in [0.29, 0.717) is 11.6 Å². The number of hydrogen-bond acceptors (Lipinski definition) is 3. The number of nitrogens with one attached hydrogen (secondary N) is 1. The Labute approximate surface area is 120 Å². The summed E-state index contributed by atoms with van der Waals surface area (Å²) < 4.78 is 5.67. The minimum absolute atomic E-state index is 0.300. The van der Waals surface area contributed by atoms with E-state index in [2.05, 4.69) is 37.9 Å². The maximum atomic E-state index is 5.67. The first-order valence-corrected chi connectivity index (χ1v) is 8.22. The summed E-state index contributed by atoms with van der Waals surface area (Å²) in [5.41, 5.74) is 0.300. The Morgan fingerprint density at radius 2 is 1.95 bits per heavy atom. The molecule has 0 aromatic rings. The van der Waals surface area contributed by atoms with E-state index in [1.807, 2.05) is 0 Å². The van der Waals surface area contributed by atoms with Crippen molar-refractivity contribution in [3.8, 4) is 0 Å². The fraction of sp³-hybridized carbons (Fsp3) is 1.00. The molecule has 1 aliphatic rings. The van der Waals surface area contributed by atoms with Gasteiger partial charge in [0.1, 0.15) is 0 Å². The summed E-state index contributed by atoms with van der Waals surface area (Å²) in [6, 6.07) is 0.704. The zero-order valence-electron chi connectivity index (χ0n) is 13.5. The van der Waals surface area contributed by atoms with E-state index in [1.165, 1.54) is 45.2 Å². The molecule has 2 unspecified atom stereocenters. The monoisotopic (exact) mass is 270 g/mol. The second kappa shape index (κ2) is 8.93. The predicted molar refractivity (Wildman–Crippen MR) is 82.7 cm³/mol. The van der Waals surface area contributed by atoms with E-state index in [0.717, 1.165) is 19.8 Å². The van der Waals surface area contributed by atoms with Gasteiger partial charge in [-0.15, -0.1) is 0 Å². The van der Waals surface area contributed by atoms with Crippen LogP contribution in [-0.4, -0.2) is 49.3 Å². The van der Waals surface area contributed by atoms with E-state index in [4.69, 9.17) is 4.74 Å². The highest BCUT2D eigenvalue weighted by molar-refractivity contribution is 4.93. The van der Waals surface area contributed by atoms with Crippen LogP contribution in [-0.2, 0) is 4.74 Å². The molecule has 3 nitrogen and oxygen atoms in total. The van der Waals surface area contributed by atoms with Gasteiger partial charge in [0, 0.05) is 44.4 Å². The molecule has 114 valence electrons. The summed E-state index contributed by atoms with van der Waals surface area (Å²) in [6.45, 7) is 14.5. The van der Waals surface area contributed by atoms with E-state index in [1.54, 1.807) is 0 Å². The highest BCUT2D eigenvalue weighted by Crippen LogP contribution is 2.20. The molecule has 0 amide bonds. The molecule has 0 aliphatic carbocycles. The van der Waals surface area contributed by atoms with Gasteiger partial charge in [0.15, 0.2) is 0 Å². The Hall–Kier alpha value is -0.120. The molecule has 19 heavy (non-hydrogen) atoms. The van der Waals surface area contributed by atoms with Gasteiger partial charge < -0.3 is 10.1 Å². The fourth-order valence-electron chi connectivity index (χ4n) is 2.75. The highest BCUT2D eigenvalue weighted by Gasteiger charge is 2.33. The van der Waals surface area contributed by atoms with Crippen molar-refractivity contribution in [3.63, 3.8) is 0 Å². The van der Waals surface area contributed by atoms with Crippen molar-refractivity contribution in [3.05, 3.63) is 0 Å². The molecule has 3 heteroatoms. The zero-order valence-corrected chi connectivity index (χ0v) is 13.5. The van der Waals surface area contributed by atoms with Gasteiger partial charge in [-0.25, -0.2) is 0 Å². The molecule has 0 aromatic carbocycles. The summed E-state index contributed by atoms with van der Waals surface area (Å²) in [4.78, 5) is 2.67. The van der Waals surface area contributed by atoms with Gasteiger partial charge in [-0.05, 0) is 32.6 Å². The van der Waals surface area contributed by atoms with Crippen molar-refractivity contribution in [2.45, 2.75) is 71.4 Å². The Morgan fingerprint density at radius 3 is 2.58 bits per heavy atom. The first-order chi connectivity index (χ1) is 9.15. The normalized spacial score (nSPS) is 28.7. The maximum Gasteiger partial charge on any atom is 0.0478 e. The quantitative estimate of drug-likeness (QED) is 0.652. The number of rotatable bonds is 9. The minimum atomic E-state index is 0.300. The maximum absolute atomic E-state index is 5.67. The second-order valence-electron chi connectivity index (χ2n) is 6.15. The Morgan fingerprint density at radius 1 is 1.21 bits per heavy atom. The van der Waals surface area contributed by atoms with Crippen LogP contribution < -0.4 is 5.32 Å². The average molecular weight is 270 g/mol. The first kappa shape index (κ1) is 16.9. The van der Waals surface area contributed by atoms with Crippen LogP contribution in [0.25, 0.3) is 0 Å². The summed E-state index contributed by atoms with van der Waals surface area (Å²) in [7, 11) is 0. The van der Waals surface area contributed by atoms with Gasteiger partial charge in [0.05, 0.1) is 0 Å². The molecule has 1 rings (SSSR count). The standard InChI is InChI=1S/C16H34N2O/c1-5-8-11-19-12-9-10-18-14-16(4,7-3)17-13-15(18)6-2/h15,17H,5-14H2,1-4H3. The predicted octanol–water partition coefficient (Wildman–Crippen LogP) is 3.05. The number of ether oxygens (including phenoxy) is 1. The van der Waals surface area contributed by atoms with Crippen LogP contribution in [0.1, 0.15) is 59.8 Å². The molecule has 1 fully saturated rings. The van der Waals surface area contributed by atoms with Crippen LogP contribution in [0.15, 0.2) is 0 Å². The van der Waals surface area contributed by atoms with Gasteiger partial charge in [-0.2, -0.15) is 0 Å². The van der Waals surface area contributed by atoms with Crippen LogP contribution >= 0.6 is 0 Å². The molecule has 1 N–H and O–H groups in total. The minimum Gasteiger partial charge on any atom is -0.381 e. The Kier molecular flexibility index (Phi) is 7.96. The third kappa shape index (κ3) is 5.80. The zero-order chi connectivity index (χ0) is 14.1. The molecule has 1 heterocycles. The summed E-state index contributed by atoms with van der Waals surface area (Å²) in [5, 5.41) is 3.72. The van der Waals surface area contributed by atoms with Gasteiger partial charge in [-0.1, -0.05) is 27.2 Å². The van der Waals surface area contributed by atoms with Crippen molar-refractivity contribution in [1.82, 2.24) is 10.2 Å². The molecule has 1 aliphatic heterocycles. The van der Waals surface area contributed by atoms with Crippen molar-refractivity contribution >= 4 is 0 Å². The third-order valence-electron chi connectivity index (χ3n) is 4.46. The Balaban J connectivity index is 2.27. The average Bonchev–Trinajstić information content (AvgIpc) is 2.43. The second-order valence-corrected chi connectivity index (χ2v) is 6.15. The van der Waals surface area contributed by atoms with Crippen molar-refractivity contribution in [2.24, 2.45) is 0 Å². The molecule has 2 atom stereocenters. The smallest absolute Gasteiger partial charge is 0.0478 e. The van der Waals surface area contributed by atoms with Gasteiger partial charge in [0.2, 0.25) is 0 Å². The van der Waals surface area contributed by atoms with Gasteiger partial charge >= 0.3 is 0 Å². The van der Waals surface area contributed by atoms with Crippen LogP contribution in [0, 0.1) is 0 Å². The molecular formula is C16H34N2O. The molecule has 0 saturated carbocycles. The number of unbranched alkanes of at least 4 members (excludes halogenated alkanes) is 1. The van der Waals surface area contributed by atoms with Crippen LogP contribution in [0.3, 0.4) is 0 Å². The van der Waals surface area contributed by atoms with E-state index in [-0.39, 0.29) is 0 Å². The lowest BCUT2D eigenvalue weighted by Crippen LogP contribution is -2.62. The topological polar surface area (TPSA) is 24.5 Å². The third-order valence-corrected chi connectivity index (χ3v) is 4.46. The molecule has 0 bridgehead atoms. The largest absolute Gasteiger partial charge is 0.381 e. The molecule has 0 aromatic heterocycles. The lowest BCUT2D eigenvalue weighted by molar-refractivity contribution is 0.0642. The van der Waals surface area contributed by atoms with Crippen LogP contribution in [0.2, 0.25) is 0 Å². The lowest BCUT2D eigenvalue weighted by atomic mass is 9.92. The molecule has 0 radical (unpaired) electrons. The number of piperazine rings is 1. The van der Waals surface area contributed by atoms with Crippen LogP contribution in [0.5, 0.6) is 0 Å². The summed E-state index contributed by atoms with van der Waals surface area (Å²) in [6.07, 6.45) is 6.03. The van der Waals surface area contributed by atoms with Crippen molar-refractivity contribution in [2.75, 3.05) is 32.8 Å². The number of nitrogens with zero attached hydrogens (tertiary/aromatic N) is 1. The summed E-state index contributed by atoms with van der Waals surface area (Å²) >= 11 is 0. The summed E-state index contributed by atoms with van der Waals surface area (Å²) in [5.74, 6) is 0. The highest BCUT2D eigenvalue weighted by atomic mass is 16.5. The van der Waals surface area contributed by atoms with Gasteiger partial charge in [-0.3, -0.25) is 4.90 Å². The van der Waals surface area contributed by atoms with Crippen molar-refractivity contribution < 1.29 is 4.74 Å². The first-order valence-electron chi connectivity index (χ1n) is 8.22. The number of hydrogen-bond donors (Lipinski definition) is 1. The molecular weight excluding hydrogens is 236 g/mol.